The predicted molar refractivity (Wildman–Crippen MR) is 153 cm³/mol. The van der Waals surface area contributed by atoms with E-state index in [9.17, 15) is 33.5 Å². The molecule has 2 N–H and O–H groups in total. The minimum Gasteiger partial charge on any atom is -0.493 e. The first kappa shape index (κ1) is 29.2. The molecule has 0 amide bonds. The number of unbranched alkanes of at least 4 members (excludes halogenated alkanes) is 1. The lowest BCUT2D eigenvalue weighted by Crippen LogP contribution is -2.27. The standard InChI is InChI=1S/C31H29N3O6S/c1-3-5-13-27-33-29(35)28(30(36)34(27)26(4-2)22-10-8-9-20(18-22)19-32)41(39,40)23-16-14-21(15-17-23)24-11-6-7-12-25(24)31(37)38/h6-12,14-18,26,36H,3-5,13H2,1-2H3,(H,37,38). The second kappa shape index (κ2) is 12.2. The molecule has 4 rings (SSSR count). The van der Waals surface area contributed by atoms with E-state index in [0.717, 1.165) is 6.42 Å². The van der Waals surface area contributed by atoms with Crippen LogP contribution < -0.4 is 5.56 Å². The molecule has 3 aromatic carbocycles. The van der Waals surface area contributed by atoms with Crippen molar-refractivity contribution < 1.29 is 23.4 Å². The van der Waals surface area contributed by atoms with Gasteiger partial charge in [0.2, 0.25) is 15.7 Å². The topological polar surface area (TPSA) is 150 Å². The van der Waals surface area contributed by atoms with E-state index in [1.165, 1.54) is 34.9 Å². The summed E-state index contributed by atoms with van der Waals surface area (Å²) in [6.45, 7) is 3.82. The van der Waals surface area contributed by atoms with Crippen molar-refractivity contribution in [3.63, 3.8) is 0 Å². The second-order valence-electron chi connectivity index (χ2n) is 9.50. The van der Waals surface area contributed by atoms with Gasteiger partial charge in [0.15, 0.2) is 4.90 Å². The van der Waals surface area contributed by atoms with Crippen LogP contribution in [0.2, 0.25) is 0 Å². The van der Waals surface area contributed by atoms with Crippen LogP contribution in [0, 0.1) is 11.3 Å². The van der Waals surface area contributed by atoms with Crippen LogP contribution in [0.25, 0.3) is 11.1 Å². The van der Waals surface area contributed by atoms with E-state index in [-0.39, 0.29) is 16.3 Å². The molecule has 0 aliphatic heterocycles. The Morgan fingerprint density at radius 1 is 1.05 bits per heavy atom. The summed E-state index contributed by atoms with van der Waals surface area (Å²) >= 11 is 0. The lowest BCUT2D eigenvalue weighted by molar-refractivity contribution is 0.0697. The van der Waals surface area contributed by atoms with Gasteiger partial charge in [-0.3, -0.25) is 9.36 Å². The first-order chi connectivity index (χ1) is 19.6. The summed E-state index contributed by atoms with van der Waals surface area (Å²) in [5, 5.41) is 30.4. The highest BCUT2D eigenvalue weighted by molar-refractivity contribution is 7.91. The van der Waals surface area contributed by atoms with Crippen LogP contribution in [-0.4, -0.2) is 34.2 Å². The molecule has 4 aromatic rings. The van der Waals surface area contributed by atoms with Gasteiger partial charge in [0.1, 0.15) is 5.82 Å². The number of aromatic nitrogens is 2. The quantitative estimate of drug-likeness (QED) is 0.258. The lowest BCUT2D eigenvalue weighted by atomic mass is 10.00. The van der Waals surface area contributed by atoms with E-state index in [0.29, 0.717) is 41.5 Å². The van der Waals surface area contributed by atoms with Gasteiger partial charge in [0.25, 0.3) is 5.56 Å². The van der Waals surface area contributed by atoms with Crippen molar-refractivity contribution in [2.75, 3.05) is 0 Å². The summed E-state index contributed by atoms with van der Waals surface area (Å²) in [4.78, 5) is 27.9. The van der Waals surface area contributed by atoms with Crippen molar-refractivity contribution >= 4 is 15.8 Å². The SMILES string of the molecule is CCCCc1nc(=O)c(S(=O)(=O)c2ccc(-c3ccccc3C(=O)O)cc2)c(O)n1C(CC)c1cccc(C#N)c1. The predicted octanol–water partition coefficient (Wildman–Crippen LogP) is 5.36. The van der Waals surface area contributed by atoms with Crippen LogP contribution in [0.15, 0.2) is 87.4 Å². The zero-order valence-electron chi connectivity index (χ0n) is 22.6. The van der Waals surface area contributed by atoms with Crippen LogP contribution in [-0.2, 0) is 16.3 Å². The molecule has 210 valence electrons. The number of hydrogen-bond donors (Lipinski definition) is 2. The van der Waals surface area contributed by atoms with Crippen LogP contribution >= 0.6 is 0 Å². The number of benzene rings is 3. The monoisotopic (exact) mass is 571 g/mol. The molecule has 0 aliphatic rings. The Morgan fingerprint density at radius 2 is 1.76 bits per heavy atom. The minimum absolute atomic E-state index is 0.0570. The zero-order chi connectivity index (χ0) is 29.7. The number of carbonyl (C=O) groups is 1. The van der Waals surface area contributed by atoms with Crippen LogP contribution in [0.5, 0.6) is 5.88 Å². The molecular formula is C31H29N3O6S. The maximum Gasteiger partial charge on any atom is 0.336 e. The molecule has 1 heterocycles. The summed E-state index contributed by atoms with van der Waals surface area (Å²) in [6.07, 6.45) is 2.20. The first-order valence-electron chi connectivity index (χ1n) is 13.2. The highest BCUT2D eigenvalue weighted by Crippen LogP contribution is 2.34. The summed E-state index contributed by atoms with van der Waals surface area (Å²) in [5.74, 6) is -1.59. The van der Waals surface area contributed by atoms with Gasteiger partial charge in [0, 0.05) is 6.42 Å². The van der Waals surface area contributed by atoms with E-state index in [1.807, 2.05) is 13.8 Å². The fraction of sp³-hybridized carbons (Fsp3) is 0.226. The van der Waals surface area contributed by atoms with Crippen molar-refractivity contribution in [3.8, 4) is 23.1 Å². The average Bonchev–Trinajstić information content (AvgIpc) is 2.97. The van der Waals surface area contributed by atoms with Crippen LogP contribution in [0.1, 0.15) is 66.5 Å². The highest BCUT2D eigenvalue weighted by atomic mass is 32.2. The van der Waals surface area contributed by atoms with Gasteiger partial charge in [-0.25, -0.2) is 13.2 Å². The van der Waals surface area contributed by atoms with Gasteiger partial charge in [-0.15, -0.1) is 0 Å². The minimum atomic E-state index is -4.54. The molecule has 9 nitrogen and oxygen atoms in total. The number of hydrogen-bond acceptors (Lipinski definition) is 7. The van der Waals surface area contributed by atoms with Gasteiger partial charge in [0.05, 0.1) is 28.1 Å². The zero-order valence-corrected chi connectivity index (χ0v) is 23.4. The molecule has 0 aliphatic carbocycles. The average molecular weight is 572 g/mol. The first-order valence-corrected chi connectivity index (χ1v) is 14.6. The van der Waals surface area contributed by atoms with Crippen LogP contribution in [0.3, 0.4) is 0 Å². The number of aromatic carboxylic acids is 1. The maximum atomic E-state index is 13.8. The van der Waals surface area contributed by atoms with Crippen molar-refractivity contribution in [3.05, 3.63) is 106 Å². The van der Waals surface area contributed by atoms with Crippen LogP contribution in [0.4, 0.5) is 0 Å². The highest BCUT2D eigenvalue weighted by Gasteiger charge is 2.32. The molecular weight excluding hydrogens is 542 g/mol. The molecule has 1 atom stereocenters. The third-order valence-corrected chi connectivity index (χ3v) is 8.68. The number of aryl methyl sites for hydroxylation is 1. The summed E-state index contributed by atoms with van der Waals surface area (Å²) in [7, 11) is -4.54. The molecule has 41 heavy (non-hydrogen) atoms. The summed E-state index contributed by atoms with van der Waals surface area (Å²) in [6, 6.07) is 20.1. The van der Waals surface area contributed by atoms with Gasteiger partial charge in [-0.1, -0.05) is 62.7 Å². The van der Waals surface area contributed by atoms with E-state index in [4.69, 9.17) is 0 Å². The van der Waals surface area contributed by atoms with Gasteiger partial charge >= 0.3 is 5.97 Å². The molecule has 1 unspecified atom stereocenters. The van der Waals surface area contributed by atoms with E-state index >= 15 is 0 Å². The molecule has 0 bridgehead atoms. The Bertz CT molecular complexity index is 1810. The number of aromatic hydroxyl groups is 1. The molecule has 0 fully saturated rings. The number of sulfone groups is 1. The Morgan fingerprint density at radius 3 is 2.39 bits per heavy atom. The van der Waals surface area contributed by atoms with Crippen molar-refractivity contribution in [1.82, 2.24) is 9.55 Å². The van der Waals surface area contributed by atoms with Gasteiger partial charge in [-0.05, 0) is 59.9 Å². The molecule has 0 radical (unpaired) electrons. The number of nitriles is 1. The lowest BCUT2D eigenvalue weighted by Gasteiger charge is -2.25. The number of carboxylic acid groups (broad SMARTS) is 1. The third-order valence-electron chi connectivity index (χ3n) is 6.89. The van der Waals surface area contributed by atoms with E-state index in [1.54, 1.807) is 42.5 Å². The molecule has 1 aromatic heterocycles. The largest absolute Gasteiger partial charge is 0.493 e. The normalized spacial score (nSPS) is 12.0. The molecule has 0 saturated carbocycles. The fourth-order valence-corrected chi connectivity index (χ4v) is 6.20. The number of nitrogens with zero attached hydrogens (tertiary/aromatic N) is 3. The number of carboxylic acids is 1. The molecule has 0 saturated heterocycles. The van der Waals surface area contributed by atoms with E-state index in [2.05, 4.69) is 11.1 Å². The molecule has 10 heteroatoms. The van der Waals surface area contributed by atoms with Crippen molar-refractivity contribution in [2.45, 2.75) is 55.4 Å². The second-order valence-corrected chi connectivity index (χ2v) is 11.4. The van der Waals surface area contributed by atoms with Crippen molar-refractivity contribution in [1.29, 1.82) is 5.26 Å². The maximum absolute atomic E-state index is 13.8. The summed E-state index contributed by atoms with van der Waals surface area (Å²) < 4.78 is 28.9. The Hall–Kier alpha value is -4.75. The van der Waals surface area contributed by atoms with Crippen molar-refractivity contribution in [2.24, 2.45) is 0 Å². The Kier molecular flexibility index (Phi) is 8.69. The summed E-state index contributed by atoms with van der Waals surface area (Å²) in [5.41, 5.74) is 0.936. The Labute approximate surface area is 237 Å². The van der Waals surface area contributed by atoms with Gasteiger partial charge < -0.3 is 10.2 Å². The fourth-order valence-electron chi connectivity index (χ4n) is 4.86. The third kappa shape index (κ3) is 5.76. The smallest absolute Gasteiger partial charge is 0.336 e. The Balaban J connectivity index is 1.87. The van der Waals surface area contributed by atoms with E-state index < -0.39 is 38.2 Å². The number of rotatable bonds is 10. The van der Waals surface area contributed by atoms with Gasteiger partial charge in [-0.2, -0.15) is 10.2 Å². The molecule has 0 spiro atoms.